The van der Waals surface area contributed by atoms with Gasteiger partial charge in [0, 0.05) is 23.2 Å². The molecule has 0 atom stereocenters. The Labute approximate surface area is 124 Å². The van der Waals surface area contributed by atoms with Gasteiger partial charge in [-0.3, -0.25) is 0 Å². The topological polar surface area (TPSA) is 89.9 Å². The molecule has 0 bridgehead atoms. The zero-order valence-corrected chi connectivity index (χ0v) is 12.3. The molecular formula is C13H15BrN2O4. The molecule has 0 radical (unpaired) electrons. The number of nitrogens with one attached hydrogen (secondary N) is 1. The van der Waals surface area contributed by atoms with Crippen LogP contribution in [0.3, 0.4) is 0 Å². The molecule has 1 aliphatic heterocycles. The van der Waals surface area contributed by atoms with Gasteiger partial charge in [-0.05, 0) is 47.0 Å². The van der Waals surface area contributed by atoms with Gasteiger partial charge in [0.2, 0.25) is 0 Å². The molecule has 1 aliphatic rings. The van der Waals surface area contributed by atoms with Crippen molar-refractivity contribution >= 4 is 33.6 Å². The number of rotatable bonds is 2. The number of likely N-dealkylation sites (tertiary alicyclic amines) is 1. The lowest BCUT2D eigenvalue weighted by Crippen LogP contribution is -2.42. The zero-order valence-electron chi connectivity index (χ0n) is 10.7. The lowest BCUT2D eigenvalue weighted by Gasteiger charge is -2.29. The highest BCUT2D eigenvalue weighted by Crippen LogP contribution is 2.22. The summed E-state index contributed by atoms with van der Waals surface area (Å²) in [5.41, 5.74) is 0.526. The Morgan fingerprint density at radius 2 is 1.95 bits per heavy atom. The number of carboxylic acid groups (broad SMARTS) is 1. The first-order valence-corrected chi connectivity index (χ1v) is 7.03. The summed E-state index contributed by atoms with van der Waals surface area (Å²) >= 11 is 3.15. The van der Waals surface area contributed by atoms with Gasteiger partial charge < -0.3 is 20.4 Å². The van der Waals surface area contributed by atoms with E-state index >= 15 is 0 Å². The number of halogens is 1. The van der Waals surface area contributed by atoms with E-state index in [2.05, 4.69) is 21.2 Å². The number of hydrogen-bond acceptors (Lipinski definition) is 3. The van der Waals surface area contributed by atoms with E-state index in [-0.39, 0.29) is 17.7 Å². The molecule has 1 saturated heterocycles. The maximum absolute atomic E-state index is 12.0. The molecule has 7 heteroatoms. The minimum absolute atomic E-state index is 0.0943. The van der Waals surface area contributed by atoms with E-state index in [4.69, 9.17) is 5.11 Å². The van der Waals surface area contributed by atoms with Crippen LogP contribution in [0.4, 0.5) is 10.5 Å². The molecule has 108 valence electrons. The average Bonchev–Trinajstić information content (AvgIpc) is 2.41. The maximum atomic E-state index is 12.0. The third-order valence-electron chi connectivity index (χ3n) is 3.20. The first-order valence-electron chi connectivity index (χ1n) is 6.24. The number of amides is 2. The first kappa shape index (κ1) is 14.8. The molecule has 0 aliphatic carbocycles. The van der Waals surface area contributed by atoms with E-state index < -0.39 is 5.97 Å². The number of carbonyl (C=O) groups excluding carboxylic acids is 1. The van der Waals surface area contributed by atoms with Gasteiger partial charge >= 0.3 is 12.0 Å². The van der Waals surface area contributed by atoms with Gasteiger partial charge in [0.05, 0.1) is 11.7 Å². The van der Waals surface area contributed by atoms with Crippen LogP contribution in [-0.2, 0) is 0 Å². The number of aromatic carboxylic acids is 1. The summed E-state index contributed by atoms with van der Waals surface area (Å²) < 4.78 is 0.462. The number of hydrogen-bond donors (Lipinski definition) is 3. The van der Waals surface area contributed by atoms with E-state index in [1.54, 1.807) is 17.0 Å². The van der Waals surface area contributed by atoms with E-state index in [9.17, 15) is 14.7 Å². The third kappa shape index (κ3) is 3.49. The van der Waals surface area contributed by atoms with Gasteiger partial charge in [-0.2, -0.15) is 0 Å². The quantitative estimate of drug-likeness (QED) is 0.767. The largest absolute Gasteiger partial charge is 0.478 e. The number of benzene rings is 1. The van der Waals surface area contributed by atoms with Crippen molar-refractivity contribution < 1.29 is 19.8 Å². The minimum atomic E-state index is -1.06. The molecule has 1 fully saturated rings. The number of anilines is 1. The zero-order chi connectivity index (χ0) is 14.7. The molecule has 20 heavy (non-hydrogen) atoms. The van der Waals surface area contributed by atoms with Gasteiger partial charge in [-0.25, -0.2) is 9.59 Å². The fourth-order valence-corrected chi connectivity index (χ4v) is 2.45. The normalized spacial score (nSPS) is 16.0. The van der Waals surface area contributed by atoms with E-state index in [0.717, 1.165) is 0 Å². The number of aliphatic hydroxyl groups excluding tert-OH is 1. The Balaban J connectivity index is 2.04. The Hall–Kier alpha value is -1.60. The second kappa shape index (κ2) is 6.23. The van der Waals surface area contributed by atoms with E-state index in [1.807, 2.05) is 0 Å². The van der Waals surface area contributed by atoms with Crippen molar-refractivity contribution in [2.45, 2.75) is 18.9 Å². The molecule has 0 aromatic heterocycles. The molecule has 2 amide bonds. The molecule has 2 rings (SSSR count). The highest BCUT2D eigenvalue weighted by molar-refractivity contribution is 9.10. The molecule has 1 aromatic rings. The Morgan fingerprint density at radius 3 is 2.55 bits per heavy atom. The molecule has 0 spiro atoms. The van der Waals surface area contributed by atoms with Crippen LogP contribution >= 0.6 is 15.9 Å². The summed E-state index contributed by atoms with van der Waals surface area (Å²) in [7, 11) is 0. The van der Waals surface area contributed by atoms with Gasteiger partial charge in [0.15, 0.2) is 0 Å². The van der Waals surface area contributed by atoms with Gasteiger partial charge in [0.1, 0.15) is 0 Å². The highest BCUT2D eigenvalue weighted by atomic mass is 79.9. The minimum Gasteiger partial charge on any atom is -0.478 e. The maximum Gasteiger partial charge on any atom is 0.336 e. The van der Waals surface area contributed by atoms with Crippen LogP contribution in [0.2, 0.25) is 0 Å². The molecule has 1 aromatic carbocycles. The molecule has 6 nitrogen and oxygen atoms in total. The Bertz CT molecular complexity index is 527. The van der Waals surface area contributed by atoms with Crippen molar-refractivity contribution in [1.29, 1.82) is 0 Å². The standard InChI is InChI=1S/C13H15BrN2O4/c14-11-2-1-8(7-10(11)12(18)19)15-13(20)16-5-3-9(17)4-6-16/h1-2,7,9,17H,3-6H2,(H,15,20)(H,18,19). The van der Waals surface area contributed by atoms with Crippen LogP contribution in [0.15, 0.2) is 22.7 Å². The smallest absolute Gasteiger partial charge is 0.336 e. The number of carboxylic acids is 1. The summed E-state index contributed by atoms with van der Waals surface area (Å²) in [5.74, 6) is -1.06. The molecule has 1 heterocycles. The fourth-order valence-electron chi connectivity index (χ4n) is 2.04. The van der Waals surface area contributed by atoms with Crippen molar-refractivity contribution in [3.05, 3.63) is 28.2 Å². The van der Waals surface area contributed by atoms with Gasteiger partial charge in [-0.1, -0.05) is 0 Å². The van der Waals surface area contributed by atoms with Crippen molar-refractivity contribution in [3.8, 4) is 0 Å². The monoisotopic (exact) mass is 342 g/mol. The molecular weight excluding hydrogens is 328 g/mol. The molecule has 3 N–H and O–H groups in total. The summed E-state index contributed by atoms with van der Waals surface area (Å²) in [5, 5.41) is 21.1. The number of urea groups is 1. The van der Waals surface area contributed by atoms with Crippen LogP contribution in [0, 0.1) is 0 Å². The Morgan fingerprint density at radius 1 is 1.30 bits per heavy atom. The summed E-state index contributed by atoms with van der Waals surface area (Å²) in [4.78, 5) is 24.6. The van der Waals surface area contributed by atoms with Crippen LogP contribution in [0.1, 0.15) is 23.2 Å². The summed E-state index contributed by atoms with van der Waals surface area (Å²) in [6, 6.07) is 4.34. The van der Waals surface area contributed by atoms with Gasteiger partial charge in [-0.15, -0.1) is 0 Å². The average molecular weight is 343 g/mol. The summed E-state index contributed by atoms with van der Waals surface area (Å²) in [6.45, 7) is 0.991. The van der Waals surface area contributed by atoms with E-state index in [1.165, 1.54) is 6.07 Å². The van der Waals surface area contributed by atoms with Crippen molar-refractivity contribution in [2.75, 3.05) is 18.4 Å². The van der Waals surface area contributed by atoms with Crippen LogP contribution in [0.25, 0.3) is 0 Å². The number of nitrogens with zero attached hydrogens (tertiary/aromatic N) is 1. The second-order valence-electron chi connectivity index (χ2n) is 4.65. The SMILES string of the molecule is O=C(O)c1cc(NC(=O)N2CCC(O)CC2)ccc1Br. The first-order chi connectivity index (χ1) is 9.47. The van der Waals surface area contributed by atoms with Crippen molar-refractivity contribution in [2.24, 2.45) is 0 Å². The highest BCUT2D eigenvalue weighted by Gasteiger charge is 2.21. The van der Waals surface area contributed by atoms with E-state index in [0.29, 0.717) is 36.1 Å². The molecule has 0 saturated carbocycles. The number of piperidine rings is 1. The second-order valence-corrected chi connectivity index (χ2v) is 5.50. The predicted molar refractivity (Wildman–Crippen MR) is 76.9 cm³/mol. The molecule has 0 unspecified atom stereocenters. The summed E-state index contributed by atoms with van der Waals surface area (Å²) in [6.07, 6.45) is 0.785. The fraction of sp³-hybridized carbons (Fsp3) is 0.385. The number of carbonyl (C=O) groups is 2. The third-order valence-corrected chi connectivity index (χ3v) is 3.89. The lowest BCUT2D eigenvalue weighted by atomic mass is 10.1. The predicted octanol–water partition coefficient (Wildman–Crippen LogP) is 2.14. The van der Waals surface area contributed by atoms with Crippen LogP contribution in [-0.4, -0.2) is 46.3 Å². The van der Waals surface area contributed by atoms with Crippen LogP contribution < -0.4 is 5.32 Å². The van der Waals surface area contributed by atoms with Crippen molar-refractivity contribution in [1.82, 2.24) is 4.90 Å². The van der Waals surface area contributed by atoms with Crippen molar-refractivity contribution in [3.63, 3.8) is 0 Å². The lowest BCUT2D eigenvalue weighted by molar-refractivity contribution is 0.0695. The Kier molecular flexibility index (Phi) is 4.61. The number of aliphatic hydroxyl groups is 1. The van der Waals surface area contributed by atoms with Gasteiger partial charge in [0.25, 0.3) is 0 Å². The van der Waals surface area contributed by atoms with Crippen LogP contribution in [0.5, 0.6) is 0 Å².